The van der Waals surface area contributed by atoms with Gasteiger partial charge in [-0.2, -0.15) is 0 Å². The van der Waals surface area contributed by atoms with Gasteiger partial charge >= 0.3 is 0 Å². The summed E-state index contributed by atoms with van der Waals surface area (Å²) < 4.78 is 30.0. The molecule has 0 bridgehead atoms. The van der Waals surface area contributed by atoms with Crippen LogP contribution in [0.15, 0.2) is 69.3 Å². The Kier molecular flexibility index (Phi) is 4.55. The van der Waals surface area contributed by atoms with E-state index in [1.165, 1.54) is 22.6 Å². The molecule has 0 spiro atoms. The maximum atomic E-state index is 13.4. The van der Waals surface area contributed by atoms with Crippen LogP contribution in [-0.2, 0) is 9.84 Å². The zero-order chi connectivity index (χ0) is 21.8. The van der Waals surface area contributed by atoms with E-state index in [4.69, 9.17) is 10.4 Å². The van der Waals surface area contributed by atoms with Gasteiger partial charge in [-0.3, -0.25) is 14.6 Å². The Morgan fingerprint density at radius 3 is 2.45 bits per heavy atom. The average Bonchev–Trinajstić information content (AvgIpc) is 3.29. The van der Waals surface area contributed by atoms with Crippen LogP contribution in [0.5, 0.6) is 0 Å². The maximum absolute atomic E-state index is 13.4. The topological polar surface area (TPSA) is 97.3 Å². The van der Waals surface area contributed by atoms with Crippen molar-refractivity contribution >= 4 is 26.5 Å². The molecule has 0 aliphatic heterocycles. The molecule has 5 rings (SSSR count). The summed E-state index contributed by atoms with van der Waals surface area (Å²) in [6.45, 7) is 1.88. The van der Waals surface area contributed by atoms with Crippen molar-refractivity contribution in [3.63, 3.8) is 0 Å². The van der Waals surface area contributed by atoms with E-state index >= 15 is 0 Å². The van der Waals surface area contributed by atoms with Gasteiger partial charge in [0.05, 0.1) is 10.3 Å². The van der Waals surface area contributed by atoms with Crippen LogP contribution in [0.1, 0.15) is 37.3 Å². The van der Waals surface area contributed by atoms with Crippen LogP contribution in [0.4, 0.5) is 0 Å². The molecule has 0 radical (unpaired) electrons. The highest BCUT2D eigenvalue weighted by Crippen LogP contribution is 2.31. The lowest BCUT2D eigenvalue weighted by Crippen LogP contribution is -2.32. The van der Waals surface area contributed by atoms with Gasteiger partial charge in [0.25, 0.3) is 5.56 Å². The van der Waals surface area contributed by atoms with Crippen LogP contribution in [0.3, 0.4) is 0 Å². The van der Waals surface area contributed by atoms with Crippen LogP contribution < -0.4 is 11.0 Å². The molecule has 3 aromatic heterocycles. The fourth-order valence-corrected chi connectivity index (χ4v) is 5.88. The van der Waals surface area contributed by atoms with Crippen molar-refractivity contribution in [1.29, 1.82) is 5.41 Å². The number of aromatic nitrogens is 3. The molecule has 1 aliphatic carbocycles. The molecule has 1 aliphatic rings. The number of nitrogens with one attached hydrogen (secondary N) is 1. The van der Waals surface area contributed by atoms with Gasteiger partial charge in [0.2, 0.25) is 9.84 Å². The maximum Gasteiger partial charge on any atom is 0.267 e. The zero-order valence-electron chi connectivity index (χ0n) is 17.1. The fourth-order valence-electron chi connectivity index (χ4n) is 4.48. The number of fused-ring (bicyclic) bond motifs is 2. The Morgan fingerprint density at radius 2 is 1.74 bits per heavy atom. The molecular weight excluding hydrogens is 412 g/mol. The van der Waals surface area contributed by atoms with Crippen LogP contribution in [0.2, 0.25) is 0 Å². The van der Waals surface area contributed by atoms with Gasteiger partial charge in [0.15, 0.2) is 0 Å². The summed E-state index contributed by atoms with van der Waals surface area (Å²) in [4.78, 5) is 18.1. The predicted molar refractivity (Wildman–Crippen MR) is 117 cm³/mol. The number of pyridine rings is 2. The highest BCUT2D eigenvalue weighted by Gasteiger charge is 2.27. The van der Waals surface area contributed by atoms with E-state index in [9.17, 15) is 13.2 Å². The third-order valence-electron chi connectivity index (χ3n) is 6.07. The first-order valence-electron chi connectivity index (χ1n) is 10.3. The van der Waals surface area contributed by atoms with Crippen molar-refractivity contribution in [3.05, 3.63) is 76.1 Å². The zero-order valence-corrected chi connectivity index (χ0v) is 17.9. The Labute approximate surface area is 179 Å². The van der Waals surface area contributed by atoms with Crippen molar-refractivity contribution in [2.45, 2.75) is 48.4 Å². The number of rotatable bonds is 3. The molecule has 1 saturated carbocycles. The van der Waals surface area contributed by atoms with E-state index in [0.29, 0.717) is 11.3 Å². The van der Waals surface area contributed by atoms with Gasteiger partial charge < -0.3 is 4.57 Å². The molecule has 31 heavy (non-hydrogen) atoms. The van der Waals surface area contributed by atoms with E-state index in [2.05, 4.69) is 0 Å². The summed E-state index contributed by atoms with van der Waals surface area (Å²) >= 11 is 0. The molecule has 4 aromatic rings. The minimum atomic E-state index is -3.98. The van der Waals surface area contributed by atoms with Crippen LogP contribution in [0.25, 0.3) is 16.7 Å². The molecular formula is C23H22N4O3S. The summed E-state index contributed by atoms with van der Waals surface area (Å²) in [6.07, 6.45) is 5.29. The lowest BCUT2D eigenvalue weighted by atomic mass is 10.2. The van der Waals surface area contributed by atoms with Gasteiger partial charge in [-0.15, -0.1) is 0 Å². The van der Waals surface area contributed by atoms with Crippen LogP contribution in [-0.4, -0.2) is 22.4 Å². The summed E-state index contributed by atoms with van der Waals surface area (Å²) in [5.74, 6) is 0. The number of hydrogen-bond donors (Lipinski definition) is 1. The second-order valence-electron chi connectivity index (χ2n) is 8.02. The van der Waals surface area contributed by atoms with Crippen molar-refractivity contribution in [2.75, 3.05) is 0 Å². The Balaban J connectivity index is 1.94. The van der Waals surface area contributed by atoms with Gasteiger partial charge in [-0.25, -0.2) is 13.4 Å². The van der Waals surface area contributed by atoms with Gasteiger partial charge in [-0.1, -0.05) is 37.1 Å². The van der Waals surface area contributed by atoms with Gasteiger partial charge in [-0.05, 0) is 49.6 Å². The van der Waals surface area contributed by atoms with Gasteiger partial charge in [0, 0.05) is 12.2 Å². The largest absolute Gasteiger partial charge is 0.307 e. The van der Waals surface area contributed by atoms with Crippen LogP contribution in [0, 0.1) is 12.3 Å². The smallest absolute Gasteiger partial charge is 0.267 e. The Bertz CT molecular complexity index is 1550. The van der Waals surface area contributed by atoms with E-state index in [1.807, 2.05) is 13.0 Å². The van der Waals surface area contributed by atoms with Crippen molar-refractivity contribution in [3.8, 4) is 0 Å². The standard InChI is InChI=1S/C23H22N4O3S/c1-15-8-7-13-26-21(15)25-22-18(23(26)28)14-19(20(24)27(22)16-9-5-6-10-16)31(29,30)17-11-3-2-4-12-17/h2-4,7-8,11-14,16,24H,5-6,9-10H2,1H3. The van der Waals surface area contributed by atoms with E-state index in [-0.39, 0.29) is 32.3 Å². The quantitative estimate of drug-likeness (QED) is 0.500. The highest BCUT2D eigenvalue weighted by atomic mass is 32.2. The average molecular weight is 435 g/mol. The molecule has 158 valence electrons. The second-order valence-corrected chi connectivity index (χ2v) is 9.94. The first-order valence-corrected chi connectivity index (χ1v) is 11.8. The molecule has 0 saturated heterocycles. The molecule has 0 atom stereocenters. The minimum absolute atomic E-state index is 0.0562. The van der Waals surface area contributed by atoms with Crippen molar-refractivity contribution < 1.29 is 8.42 Å². The molecule has 1 fully saturated rings. The number of hydrogen-bond acceptors (Lipinski definition) is 5. The molecule has 8 heteroatoms. The molecule has 1 aromatic carbocycles. The number of sulfone groups is 1. The van der Waals surface area contributed by atoms with Crippen LogP contribution >= 0.6 is 0 Å². The van der Waals surface area contributed by atoms with Crippen molar-refractivity contribution in [2.24, 2.45) is 0 Å². The monoisotopic (exact) mass is 434 g/mol. The highest BCUT2D eigenvalue weighted by molar-refractivity contribution is 7.91. The number of aryl methyl sites for hydroxylation is 1. The van der Waals surface area contributed by atoms with E-state index in [1.54, 1.807) is 35.0 Å². The Hall–Kier alpha value is -3.26. The first kappa shape index (κ1) is 19.7. The molecule has 1 N–H and O–H groups in total. The molecule has 7 nitrogen and oxygen atoms in total. The molecule has 3 heterocycles. The van der Waals surface area contributed by atoms with Gasteiger partial charge in [0.1, 0.15) is 21.7 Å². The lowest BCUT2D eigenvalue weighted by Gasteiger charge is -2.20. The summed E-state index contributed by atoms with van der Waals surface area (Å²) in [5.41, 5.74) is 1.29. The minimum Gasteiger partial charge on any atom is -0.307 e. The first-order chi connectivity index (χ1) is 14.9. The van der Waals surface area contributed by atoms with E-state index in [0.717, 1.165) is 31.2 Å². The molecule has 0 unspecified atom stereocenters. The summed E-state index contributed by atoms with van der Waals surface area (Å²) in [7, 11) is -3.98. The number of nitrogens with zero attached hydrogens (tertiary/aromatic N) is 3. The second kappa shape index (κ2) is 7.16. The molecule has 0 amide bonds. The normalized spacial score (nSPS) is 15.1. The number of benzene rings is 1. The summed E-state index contributed by atoms with van der Waals surface area (Å²) in [5, 5.41) is 9.07. The third kappa shape index (κ3) is 3.01. The SMILES string of the molecule is Cc1cccn2c(=O)c3cc(S(=O)(=O)c4ccccc4)c(=N)n(C4CCCC4)c3nc12. The predicted octanol–water partition coefficient (Wildman–Crippen LogP) is 3.38. The fraction of sp³-hybridized carbons (Fsp3) is 0.261. The Morgan fingerprint density at radius 1 is 1.03 bits per heavy atom. The summed E-state index contributed by atoms with van der Waals surface area (Å²) in [6, 6.07) is 13.0. The third-order valence-corrected chi connectivity index (χ3v) is 7.86. The lowest BCUT2D eigenvalue weighted by molar-refractivity contribution is 0.497. The van der Waals surface area contributed by atoms with E-state index < -0.39 is 9.84 Å². The van der Waals surface area contributed by atoms with Crippen molar-refractivity contribution in [1.82, 2.24) is 14.0 Å².